The van der Waals surface area contributed by atoms with E-state index in [9.17, 15) is 4.79 Å². The largest absolute Gasteiger partial charge is 0.495 e. The fourth-order valence-electron chi connectivity index (χ4n) is 2.83. The molecule has 140 valence electrons. The van der Waals surface area contributed by atoms with E-state index in [1.165, 1.54) is 22.9 Å². The topological polar surface area (TPSA) is 56.1 Å². The van der Waals surface area contributed by atoms with E-state index < -0.39 is 0 Å². The van der Waals surface area contributed by atoms with Gasteiger partial charge in [0.15, 0.2) is 5.16 Å². The Hall–Kier alpha value is -2.73. The van der Waals surface area contributed by atoms with Crippen LogP contribution in [0.25, 0.3) is 5.69 Å². The van der Waals surface area contributed by atoms with Crippen LogP contribution in [0.15, 0.2) is 60.0 Å². The molecule has 0 aliphatic carbocycles. The number of methoxy groups -OCH3 is 1. The lowest BCUT2D eigenvalue weighted by Gasteiger charge is -2.15. The number of nitrogens with zero attached hydrogens (tertiary/aromatic N) is 2. The number of amides is 1. The van der Waals surface area contributed by atoms with Crippen LogP contribution in [-0.2, 0) is 4.79 Å². The summed E-state index contributed by atoms with van der Waals surface area (Å²) in [6, 6.07) is 13.7. The van der Waals surface area contributed by atoms with Crippen molar-refractivity contribution >= 4 is 23.4 Å². The van der Waals surface area contributed by atoms with Gasteiger partial charge in [-0.05, 0) is 44.5 Å². The summed E-state index contributed by atoms with van der Waals surface area (Å²) >= 11 is 1.42. The van der Waals surface area contributed by atoms with E-state index >= 15 is 0 Å². The zero-order chi connectivity index (χ0) is 19.4. The summed E-state index contributed by atoms with van der Waals surface area (Å²) in [6.07, 6.45) is 3.68. The molecular weight excluding hydrogens is 358 g/mol. The van der Waals surface area contributed by atoms with Crippen LogP contribution in [-0.4, -0.2) is 27.8 Å². The van der Waals surface area contributed by atoms with Gasteiger partial charge in [0, 0.05) is 12.4 Å². The van der Waals surface area contributed by atoms with E-state index in [1.807, 2.05) is 42.0 Å². The van der Waals surface area contributed by atoms with Crippen molar-refractivity contribution in [2.45, 2.75) is 31.2 Å². The Kier molecular flexibility index (Phi) is 5.86. The highest BCUT2D eigenvalue weighted by molar-refractivity contribution is 8.00. The second-order valence-electron chi connectivity index (χ2n) is 6.32. The average molecular weight is 382 g/mol. The molecule has 0 spiro atoms. The molecule has 0 unspecified atom stereocenters. The number of carbonyl (C=O) groups excluding carboxylic acids is 1. The maximum Gasteiger partial charge on any atom is 0.237 e. The van der Waals surface area contributed by atoms with Gasteiger partial charge in [0.25, 0.3) is 0 Å². The van der Waals surface area contributed by atoms with Crippen LogP contribution in [0.5, 0.6) is 5.75 Å². The number of aryl methyl sites for hydroxylation is 2. The van der Waals surface area contributed by atoms with E-state index in [0.717, 1.165) is 10.8 Å². The molecule has 0 saturated heterocycles. The van der Waals surface area contributed by atoms with Crippen molar-refractivity contribution in [3.05, 3.63) is 66.0 Å². The van der Waals surface area contributed by atoms with E-state index in [4.69, 9.17) is 4.74 Å². The van der Waals surface area contributed by atoms with Crippen molar-refractivity contribution in [2.75, 3.05) is 12.4 Å². The molecule has 2 aromatic carbocycles. The molecule has 6 heteroatoms. The maximum absolute atomic E-state index is 12.6. The number of ether oxygens (including phenoxy) is 1. The Bertz CT molecular complexity index is 952. The molecule has 3 aromatic rings. The summed E-state index contributed by atoms with van der Waals surface area (Å²) in [4.78, 5) is 17.1. The van der Waals surface area contributed by atoms with Gasteiger partial charge in [-0.25, -0.2) is 4.98 Å². The Labute approximate surface area is 163 Å². The van der Waals surface area contributed by atoms with Gasteiger partial charge >= 0.3 is 0 Å². The zero-order valence-electron chi connectivity index (χ0n) is 15.9. The van der Waals surface area contributed by atoms with E-state index in [0.29, 0.717) is 11.4 Å². The summed E-state index contributed by atoms with van der Waals surface area (Å²) in [6.45, 7) is 6.02. The average Bonchev–Trinajstić information content (AvgIpc) is 3.10. The molecule has 1 heterocycles. The van der Waals surface area contributed by atoms with E-state index in [2.05, 4.69) is 42.3 Å². The Morgan fingerprint density at radius 2 is 2.00 bits per heavy atom. The van der Waals surface area contributed by atoms with Crippen molar-refractivity contribution in [3.63, 3.8) is 0 Å². The van der Waals surface area contributed by atoms with Gasteiger partial charge in [0.1, 0.15) is 5.75 Å². The lowest BCUT2D eigenvalue weighted by atomic mass is 10.1. The lowest BCUT2D eigenvalue weighted by molar-refractivity contribution is -0.115. The minimum atomic E-state index is -0.318. The minimum Gasteiger partial charge on any atom is -0.495 e. The van der Waals surface area contributed by atoms with Gasteiger partial charge in [-0.15, -0.1) is 0 Å². The van der Waals surface area contributed by atoms with E-state index in [1.54, 1.807) is 13.3 Å². The van der Waals surface area contributed by atoms with Crippen LogP contribution in [0.2, 0.25) is 0 Å². The summed E-state index contributed by atoms with van der Waals surface area (Å²) in [7, 11) is 1.59. The van der Waals surface area contributed by atoms with Gasteiger partial charge in [-0.2, -0.15) is 0 Å². The highest BCUT2D eigenvalue weighted by Crippen LogP contribution is 2.28. The number of hydrogen-bond donors (Lipinski definition) is 1. The fourth-order valence-corrected chi connectivity index (χ4v) is 3.71. The summed E-state index contributed by atoms with van der Waals surface area (Å²) in [5.74, 6) is 0.541. The van der Waals surface area contributed by atoms with Crippen molar-refractivity contribution < 1.29 is 9.53 Å². The summed E-state index contributed by atoms with van der Waals surface area (Å²) in [5.41, 5.74) is 4.12. The molecule has 0 bridgehead atoms. The lowest BCUT2D eigenvalue weighted by Crippen LogP contribution is -2.23. The normalized spacial score (nSPS) is 11.9. The number of carbonyl (C=O) groups is 1. The SMILES string of the molecule is COc1ccccc1NC(=O)[C@H](C)Sc1nccn1-c1ccc(C)cc1C. The highest BCUT2D eigenvalue weighted by atomic mass is 32.2. The van der Waals surface area contributed by atoms with Crippen LogP contribution in [0, 0.1) is 13.8 Å². The molecule has 1 atom stereocenters. The maximum atomic E-state index is 12.6. The van der Waals surface area contributed by atoms with Crippen LogP contribution in [0.1, 0.15) is 18.1 Å². The highest BCUT2D eigenvalue weighted by Gasteiger charge is 2.19. The van der Waals surface area contributed by atoms with Gasteiger partial charge < -0.3 is 10.1 Å². The zero-order valence-corrected chi connectivity index (χ0v) is 16.7. The second-order valence-corrected chi connectivity index (χ2v) is 7.63. The van der Waals surface area contributed by atoms with Crippen molar-refractivity contribution in [3.8, 4) is 11.4 Å². The number of rotatable bonds is 6. The number of anilines is 1. The second kappa shape index (κ2) is 8.31. The van der Waals surface area contributed by atoms with Crippen LogP contribution >= 0.6 is 11.8 Å². The number of aromatic nitrogens is 2. The monoisotopic (exact) mass is 381 g/mol. The smallest absolute Gasteiger partial charge is 0.237 e. The number of benzene rings is 2. The van der Waals surface area contributed by atoms with Crippen molar-refractivity contribution in [2.24, 2.45) is 0 Å². The first kappa shape index (κ1) is 19.0. The molecule has 0 radical (unpaired) electrons. The number of hydrogen-bond acceptors (Lipinski definition) is 4. The molecule has 1 N–H and O–H groups in total. The number of para-hydroxylation sites is 2. The van der Waals surface area contributed by atoms with Crippen molar-refractivity contribution in [1.29, 1.82) is 0 Å². The molecular formula is C21H23N3O2S. The Morgan fingerprint density at radius 1 is 1.22 bits per heavy atom. The number of imidazole rings is 1. The third kappa shape index (κ3) is 4.34. The predicted molar refractivity (Wildman–Crippen MR) is 110 cm³/mol. The molecule has 0 saturated carbocycles. The summed E-state index contributed by atoms with van der Waals surface area (Å²) < 4.78 is 7.31. The van der Waals surface area contributed by atoms with Crippen molar-refractivity contribution in [1.82, 2.24) is 9.55 Å². The third-order valence-electron chi connectivity index (χ3n) is 4.23. The van der Waals surface area contributed by atoms with E-state index in [-0.39, 0.29) is 11.2 Å². The first-order chi connectivity index (χ1) is 13.0. The molecule has 0 aliphatic heterocycles. The molecule has 27 heavy (non-hydrogen) atoms. The van der Waals surface area contributed by atoms with Gasteiger partial charge in [-0.3, -0.25) is 9.36 Å². The Morgan fingerprint density at radius 3 is 2.74 bits per heavy atom. The first-order valence-corrected chi connectivity index (χ1v) is 9.59. The van der Waals surface area contributed by atoms with Crippen LogP contribution in [0.3, 0.4) is 0 Å². The van der Waals surface area contributed by atoms with Gasteiger partial charge in [-0.1, -0.05) is 41.6 Å². The Balaban J connectivity index is 1.76. The molecule has 0 fully saturated rings. The molecule has 1 aromatic heterocycles. The third-order valence-corrected chi connectivity index (χ3v) is 5.32. The molecule has 0 aliphatic rings. The minimum absolute atomic E-state index is 0.0975. The predicted octanol–water partition coefficient (Wildman–Crippen LogP) is 4.62. The first-order valence-electron chi connectivity index (χ1n) is 8.71. The molecule has 3 rings (SSSR count). The fraction of sp³-hybridized carbons (Fsp3) is 0.238. The van der Waals surface area contributed by atoms with Crippen LogP contribution in [0.4, 0.5) is 5.69 Å². The number of thioether (sulfide) groups is 1. The van der Waals surface area contributed by atoms with Gasteiger partial charge in [0.05, 0.1) is 23.7 Å². The van der Waals surface area contributed by atoms with Gasteiger partial charge in [0.2, 0.25) is 5.91 Å². The standard InChI is InChI=1S/C21H23N3O2S/c1-14-9-10-18(15(2)13-14)24-12-11-22-21(24)27-16(3)20(25)23-17-7-5-6-8-19(17)26-4/h5-13,16H,1-4H3,(H,23,25)/t16-/m0/s1. The quantitative estimate of drug-likeness (QED) is 0.633. The molecule has 1 amide bonds. The molecule has 5 nitrogen and oxygen atoms in total. The van der Waals surface area contributed by atoms with Crippen LogP contribution < -0.4 is 10.1 Å². The number of nitrogens with one attached hydrogen (secondary N) is 1. The summed E-state index contributed by atoms with van der Waals surface area (Å²) in [5, 5.41) is 3.39.